The number of nitrogens with zero attached hydrogens (tertiary/aromatic N) is 2. The van der Waals surface area contributed by atoms with Gasteiger partial charge in [-0.15, -0.1) is 0 Å². The molecule has 208 valence electrons. The number of aromatic nitrogens is 3. The van der Waals surface area contributed by atoms with Crippen LogP contribution in [0.15, 0.2) is 73.1 Å². The Labute approximate surface area is 235 Å². The predicted octanol–water partition coefficient (Wildman–Crippen LogP) is 6.42. The van der Waals surface area contributed by atoms with E-state index in [1.165, 1.54) is 0 Å². The third kappa shape index (κ3) is 6.18. The van der Waals surface area contributed by atoms with Gasteiger partial charge in [-0.25, -0.2) is 9.48 Å². The Morgan fingerprint density at radius 3 is 2.42 bits per heavy atom. The first kappa shape index (κ1) is 27.4. The highest BCUT2D eigenvalue weighted by Crippen LogP contribution is 2.35. The van der Waals surface area contributed by atoms with Crippen LogP contribution in [-0.4, -0.2) is 39.7 Å². The topological polar surface area (TPSA) is 104 Å². The molecule has 2 aromatic heterocycles. The number of H-pyrrole nitrogens is 1. The molecule has 8 nitrogen and oxygen atoms in total. The molecule has 4 aromatic rings. The van der Waals surface area contributed by atoms with Gasteiger partial charge in [0.1, 0.15) is 5.82 Å². The van der Waals surface area contributed by atoms with Crippen molar-refractivity contribution in [3.8, 4) is 5.69 Å². The molecule has 4 N–H and O–H groups in total. The second kappa shape index (κ2) is 11.5. The third-order valence-electron chi connectivity index (χ3n) is 7.52. The number of hydrogen-bond acceptors (Lipinski definition) is 4. The summed E-state index contributed by atoms with van der Waals surface area (Å²) in [7, 11) is 0. The van der Waals surface area contributed by atoms with E-state index in [4.69, 9.17) is 5.10 Å². The summed E-state index contributed by atoms with van der Waals surface area (Å²) in [5.74, 6) is 0.636. The van der Waals surface area contributed by atoms with Gasteiger partial charge in [0, 0.05) is 35.1 Å². The Morgan fingerprint density at radius 2 is 1.75 bits per heavy atom. The molecule has 2 aromatic carbocycles. The molecule has 1 saturated heterocycles. The normalized spacial score (nSPS) is 15.0. The van der Waals surface area contributed by atoms with Crippen molar-refractivity contribution in [1.82, 2.24) is 20.1 Å². The van der Waals surface area contributed by atoms with E-state index in [-0.39, 0.29) is 29.1 Å². The maximum Gasteiger partial charge on any atom is 0.324 e. The molecule has 2 amide bonds. The Morgan fingerprint density at radius 1 is 1.00 bits per heavy atom. The van der Waals surface area contributed by atoms with Gasteiger partial charge in [-0.1, -0.05) is 50.6 Å². The number of anilines is 2. The van der Waals surface area contributed by atoms with Crippen molar-refractivity contribution >= 4 is 23.3 Å². The number of benzene rings is 2. The number of urea groups is 1. The first-order chi connectivity index (χ1) is 19.2. The number of carbonyl (C=O) groups excluding carboxylic acids is 2. The van der Waals surface area contributed by atoms with Gasteiger partial charge in [0.05, 0.1) is 17.3 Å². The number of piperidine rings is 1. The van der Waals surface area contributed by atoms with E-state index in [2.05, 4.69) is 41.7 Å². The van der Waals surface area contributed by atoms with Crippen LogP contribution in [0.2, 0.25) is 0 Å². The number of hydrogen-bond donors (Lipinski definition) is 4. The van der Waals surface area contributed by atoms with Crippen LogP contribution >= 0.6 is 0 Å². The zero-order valence-corrected chi connectivity index (χ0v) is 23.6. The third-order valence-corrected chi connectivity index (χ3v) is 7.52. The van der Waals surface area contributed by atoms with Gasteiger partial charge in [-0.2, -0.15) is 5.10 Å². The van der Waals surface area contributed by atoms with E-state index < -0.39 is 0 Å². The quantitative estimate of drug-likeness (QED) is 0.204. The van der Waals surface area contributed by atoms with Gasteiger partial charge in [0.2, 0.25) is 0 Å². The molecule has 5 rings (SSSR count). The summed E-state index contributed by atoms with van der Waals surface area (Å²) in [6.07, 6.45) is 5.40. The maximum absolute atomic E-state index is 13.6. The van der Waals surface area contributed by atoms with Gasteiger partial charge >= 0.3 is 6.03 Å². The van der Waals surface area contributed by atoms with Gasteiger partial charge in [-0.3, -0.25) is 10.1 Å². The van der Waals surface area contributed by atoms with Crippen molar-refractivity contribution in [2.24, 2.45) is 5.92 Å². The minimum atomic E-state index is -0.374. The number of Topliss-reactive ketones (excluding diaryl/α,β-unsaturated/α-hetero) is 1. The van der Waals surface area contributed by atoms with Crippen LogP contribution in [0.25, 0.3) is 5.69 Å². The van der Waals surface area contributed by atoms with E-state index in [9.17, 15) is 9.59 Å². The molecular weight excluding hydrogens is 500 g/mol. The Hall–Kier alpha value is -4.17. The number of nitrogens with one attached hydrogen (secondary N) is 4. The van der Waals surface area contributed by atoms with Crippen molar-refractivity contribution in [1.29, 1.82) is 0 Å². The summed E-state index contributed by atoms with van der Waals surface area (Å²) >= 11 is 0. The average molecular weight is 539 g/mol. The van der Waals surface area contributed by atoms with E-state index in [0.29, 0.717) is 17.1 Å². The summed E-state index contributed by atoms with van der Waals surface area (Å²) in [6.45, 7) is 10.1. The summed E-state index contributed by atoms with van der Waals surface area (Å²) in [5.41, 5.74) is 4.93. The molecule has 0 spiro atoms. The van der Waals surface area contributed by atoms with Crippen molar-refractivity contribution in [2.75, 3.05) is 23.7 Å². The number of amides is 2. The second-order valence-corrected chi connectivity index (χ2v) is 11.6. The zero-order chi connectivity index (χ0) is 28.3. The lowest BCUT2D eigenvalue weighted by atomic mass is 9.76. The lowest BCUT2D eigenvalue weighted by Crippen LogP contribution is -2.33. The molecule has 1 atom stereocenters. The van der Waals surface area contributed by atoms with E-state index in [1.54, 1.807) is 17.1 Å². The number of aromatic amines is 1. The van der Waals surface area contributed by atoms with E-state index in [1.807, 2.05) is 67.6 Å². The lowest BCUT2D eigenvalue weighted by Gasteiger charge is -2.30. The molecule has 1 aliphatic heterocycles. The fraction of sp³-hybridized carbons (Fsp3) is 0.344. The summed E-state index contributed by atoms with van der Waals surface area (Å²) in [6, 6.07) is 19.1. The second-order valence-electron chi connectivity index (χ2n) is 11.6. The van der Waals surface area contributed by atoms with Crippen LogP contribution in [0.5, 0.6) is 0 Å². The molecule has 0 saturated carbocycles. The minimum absolute atomic E-state index is 0.103. The molecule has 1 fully saturated rings. The maximum atomic E-state index is 13.6. The van der Waals surface area contributed by atoms with E-state index >= 15 is 0 Å². The highest BCUT2D eigenvalue weighted by Gasteiger charge is 2.32. The van der Waals surface area contributed by atoms with Gasteiger partial charge in [0.25, 0.3) is 0 Å². The van der Waals surface area contributed by atoms with Gasteiger partial charge in [-0.05, 0) is 74.7 Å². The highest BCUT2D eigenvalue weighted by atomic mass is 16.2. The fourth-order valence-electron chi connectivity index (χ4n) is 5.28. The van der Waals surface area contributed by atoms with Crippen LogP contribution < -0.4 is 16.0 Å². The molecule has 1 aliphatic rings. The average Bonchev–Trinajstić information content (AvgIpc) is 3.61. The molecule has 0 radical (unpaired) electrons. The van der Waals surface area contributed by atoms with Crippen LogP contribution in [0.1, 0.15) is 66.7 Å². The van der Waals surface area contributed by atoms with Crippen LogP contribution in [0, 0.1) is 12.8 Å². The predicted molar refractivity (Wildman–Crippen MR) is 160 cm³/mol. The van der Waals surface area contributed by atoms with Crippen LogP contribution in [0.4, 0.5) is 16.3 Å². The summed E-state index contributed by atoms with van der Waals surface area (Å²) in [5, 5.41) is 14.2. The minimum Gasteiger partial charge on any atom is -0.367 e. The largest absolute Gasteiger partial charge is 0.367 e. The monoisotopic (exact) mass is 538 g/mol. The fourth-order valence-corrected chi connectivity index (χ4v) is 5.28. The molecule has 1 unspecified atom stereocenters. The molecule has 0 aliphatic carbocycles. The Kier molecular flexibility index (Phi) is 7.89. The molecule has 8 heteroatoms. The van der Waals surface area contributed by atoms with Gasteiger partial charge in [0.15, 0.2) is 5.78 Å². The highest BCUT2D eigenvalue weighted by molar-refractivity contribution is 6.02. The Bertz CT molecular complexity index is 1460. The standard InChI is InChI=1S/C32H38N6O2/c1-21-8-10-26(11-9-21)38-28(19-27(37-38)32(2,3)4)36-31(40)35-25-7-5-6-23(18-25)29(22-12-15-33-16-13-22)30(39)24-14-17-34-20-24/h5-11,14,17-20,22,29,33-34H,12-13,15-16H2,1-4H3,(H2,35,36,40). The summed E-state index contributed by atoms with van der Waals surface area (Å²) < 4.78 is 1.76. The number of aryl methyl sites for hydroxylation is 1. The van der Waals surface area contributed by atoms with Crippen molar-refractivity contribution in [3.05, 3.63) is 95.4 Å². The van der Waals surface area contributed by atoms with Crippen LogP contribution in [-0.2, 0) is 5.41 Å². The molecule has 40 heavy (non-hydrogen) atoms. The van der Waals surface area contributed by atoms with Crippen molar-refractivity contribution < 1.29 is 9.59 Å². The first-order valence-electron chi connectivity index (χ1n) is 13.9. The lowest BCUT2D eigenvalue weighted by molar-refractivity contribution is 0.0916. The van der Waals surface area contributed by atoms with Crippen molar-refractivity contribution in [2.45, 2.75) is 51.9 Å². The van der Waals surface area contributed by atoms with E-state index in [0.717, 1.165) is 48.4 Å². The molecular formula is C32H38N6O2. The number of rotatable bonds is 7. The SMILES string of the molecule is Cc1ccc(-n2nc(C(C)(C)C)cc2NC(=O)Nc2cccc(C(C(=O)c3cc[nH]c3)C3CCNCC3)c2)cc1. The number of ketones is 1. The Balaban J connectivity index is 1.39. The zero-order valence-electron chi connectivity index (χ0n) is 23.6. The van der Waals surface area contributed by atoms with Gasteiger partial charge < -0.3 is 15.6 Å². The smallest absolute Gasteiger partial charge is 0.324 e. The molecule has 3 heterocycles. The molecule has 0 bridgehead atoms. The summed E-state index contributed by atoms with van der Waals surface area (Å²) in [4.78, 5) is 29.9. The number of carbonyl (C=O) groups is 2. The van der Waals surface area contributed by atoms with Crippen LogP contribution in [0.3, 0.4) is 0 Å². The van der Waals surface area contributed by atoms with Crippen molar-refractivity contribution in [3.63, 3.8) is 0 Å². The first-order valence-corrected chi connectivity index (χ1v) is 13.9.